The molecule has 6 nitrogen and oxygen atoms in total. The molecule has 1 aliphatic rings. The van der Waals surface area contributed by atoms with E-state index < -0.39 is 0 Å². The zero-order valence-corrected chi connectivity index (χ0v) is 15.0. The fourth-order valence-corrected chi connectivity index (χ4v) is 3.80. The van der Waals surface area contributed by atoms with E-state index in [2.05, 4.69) is 25.5 Å². The lowest BCUT2D eigenvalue weighted by atomic mass is 9.87. The number of carbonyl (C=O) groups excluding carboxylic acids is 1. The van der Waals surface area contributed by atoms with Crippen LogP contribution in [0.25, 0.3) is 22.4 Å². The third kappa shape index (κ3) is 2.85. The minimum atomic E-state index is -0.352. The van der Waals surface area contributed by atoms with Crippen LogP contribution in [0, 0.1) is 5.82 Å². The summed E-state index contributed by atoms with van der Waals surface area (Å²) >= 11 is 0. The highest BCUT2D eigenvalue weighted by molar-refractivity contribution is 5.96. The number of fused-ring (bicyclic) bond motifs is 2. The number of anilines is 1. The Labute approximate surface area is 160 Å². The number of halogens is 1. The van der Waals surface area contributed by atoms with Gasteiger partial charge in [0.15, 0.2) is 5.82 Å². The lowest BCUT2D eigenvalue weighted by Gasteiger charge is -2.21. The van der Waals surface area contributed by atoms with E-state index in [1.807, 2.05) is 24.3 Å². The number of amides is 1. The SMILES string of the molecule is O=C(Nc1ccc(-c2nc3c(F)cccc3[nH]2)cc1)C1CCCc2cn[nH]c21. The summed E-state index contributed by atoms with van der Waals surface area (Å²) in [4.78, 5) is 20.2. The number of nitrogens with one attached hydrogen (secondary N) is 3. The number of aryl methyl sites for hydroxylation is 1. The van der Waals surface area contributed by atoms with E-state index in [-0.39, 0.29) is 17.6 Å². The van der Waals surface area contributed by atoms with Crippen LogP contribution in [0.1, 0.15) is 30.0 Å². The van der Waals surface area contributed by atoms with Gasteiger partial charge in [-0.3, -0.25) is 9.89 Å². The predicted molar refractivity (Wildman–Crippen MR) is 104 cm³/mol. The Morgan fingerprint density at radius 1 is 1.18 bits per heavy atom. The van der Waals surface area contributed by atoms with Gasteiger partial charge in [-0.05, 0) is 61.2 Å². The molecule has 4 aromatic rings. The van der Waals surface area contributed by atoms with Crippen LogP contribution >= 0.6 is 0 Å². The molecule has 3 N–H and O–H groups in total. The highest BCUT2D eigenvalue weighted by Crippen LogP contribution is 2.31. The van der Waals surface area contributed by atoms with Crippen molar-refractivity contribution in [1.82, 2.24) is 20.2 Å². The Kier molecular flexibility index (Phi) is 3.93. The van der Waals surface area contributed by atoms with E-state index in [1.54, 1.807) is 18.3 Å². The minimum Gasteiger partial charge on any atom is -0.338 e. The van der Waals surface area contributed by atoms with Crippen molar-refractivity contribution in [2.24, 2.45) is 0 Å². The molecular weight excluding hydrogens is 357 g/mol. The Balaban J connectivity index is 1.35. The summed E-state index contributed by atoms with van der Waals surface area (Å²) in [5.41, 5.74) is 4.55. The fourth-order valence-electron chi connectivity index (χ4n) is 3.80. The number of benzene rings is 2. The van der Waals surface area contributed by atoms with Crippen LogP contribution in [0.5, 0.6) is 0 Å². The van der Waals surface area contributed by atoms with Crippen molar-refractivity contribution >= 4 is 22.6 Å². The number of aromatic amines is 2. The average molecular weight is 375 g/mol. The maximum absolute atomic E-state index is 13.8. The third-order valence-corrected chi connectivity index (χ3v) is 5.24. The van der Waals surface area contributed by atoms with Gasteiger partial charge in [0.1, 0.15) is 11.3 Å². The first-order chi connectivity index (χ1) is 13.7. The largest absolute Gasteiger partial charge is 0.338 e. The Hall–Kier alpha value is -3.48. The van der Waals surface area contributed by atoms with Crippen molar-refractivity contribution < 1.29 is 9.18 Å². The summed E-state index contributed by atoms with van der Waals surface area (Å²) in [5, 5.41) is 10.0. The molecular formula is C21H18FN5O. The van der Waals surface area contributed by atoms with Gasteiger partial charge in [-0.2, -0.15) is 5.10 Å². The highest BCUT2D eigenvalue weighted by atomic mass is 19.1. The second-order valence-corrected chi connectivity index (χ2v) is 7.04. The number of hydrogen-bond donors (Lipinski definition) is 3. The van der Waals surface area contributed by atoms with E-state index in [0.29, 0.717) is 22.5 Å². The molecule has 0 bridgehead atoms. The van der Waals surface area contributed by atoms with Gasteiger partial charge in [0.2, 0.25) is 5.91 Å². The summed E-state index contributed by atoms with van der Waals surface area (Å²) in [6, 6.07) is 12.2. The molecule has 0 radical (unpaired) electrons. The first kappa shape index (κ1) is 16.7. The van der Waals surface area contributed by atoms with Crippen LogP contribution in [0.4, 0.5) is 10.1 Å². The van der Waals surface area contributed by atoms with Gasteiger partial charge in [0.25, 0.3) is 0 Å². The van der Waals surface area contributed by atoms with Crippen LogP contribution in [0.15, 0.2) is 48.7 Å². The first-order valence-corrected chi connectivity index (χ1v) is 9.27. The van der Waals surface area contributed by atoms with Crippen molar-refractivity contribution in [3.8, 4) is 11.4 Å². The first-order valence-electron chi connectivity index (χ1n) is 9.27. The molecule has 2 aromatic carbocycles. The Morgan fingerprint density at radius 3 is 2.86 bits per heavy atom. The van der Waals surface area contributed by atoms with Gasteiger partial charge in [-0.1, -0.05) is 6.07 Å². The number of H-pyrrole nitrogens is 2. The minimum absolute atomic E-state index is 0.0382. The molecule has 1 atom stereocenters. The third-order valence-electron chi connectivity index (χ3n) is 5.24. The maximum Gasteiger partial charge on any atom is 0.233 e. The van der Waals surface area contributed by atoms with Crippen molar-refractivity contribution in [3.05, 3.63) is 65.7 Å². The second-order valence-electron chi connectivity index (χ2n) is 7.04. The Morgan fingerprint density at radius 2 is 2.04 bits per heavy atom. The number of carbonyl (C=O) groups is 1. The smallest absolute Gasteiger partial charge is 0.233 e. The quantitative estimate of drug-likeness (QED) is 0.503. The molecule has 1 amide bonds. The van der Waals surface area contributed by atoms with E-state index in [4.69, 9.17) is 0 Å². The predicted octanol–water partition coefficient (Wildman–Crippen LogP) is 4.15. The molecule has 0 saturated heterocycles. The van der Waals surface area contributed by atoms with Gasteiger partial charge >= 0.3 is 0 Å². The van der Waals surface area contributed by atoms with Crippen molar-refractivity contribution in [2.45, 2.75) is 25.2 Å². The monoisotopic (exact) mass is 375 g/mol. The number of aromatic nitrogens is 4. The van der Waals surface area contributed by atoms with Gasteiger partial charge in [-0.15, -0.1) is 0 Å². The topological polar surface area (TPSA) is 86.5 Å². The lowest BCUT2D eigenvalue weighted by Crippen LogP contribution is -2.24. The molecule has 2 aromatic heterocycles. The van der Waals surface area contributed by atoms with E-state index >= 15 is 0 Å². The summed E-state index contributed by atoms with van der Waals surface area (Å²) in [7, 11) is 0. The van der Waals surface area contributed by atoms with Crippen LogP contribution in [0.3, 0.4) is 0 Å². The molecule has 0 saturated carbocycles. The van der Waals surface area contributed by atoms with E-state index in [0.717, 1.165) is 36.1 Å². The number of imidazole rings is 1. The number of hydrogen-bond acceptors (Lipinski definition) is 3. The molecule has 1 aliphatic carbocycles. The molecule has 140 valence electrons. The van der Waals surface area contributed by atoms with Gasteiger partial charge < -0.3 is 10.3 Å². The molecule has 1 unspecified atom stereocenters. The molecule has 7 heteroatoms. The summed E-state index contributed by atoms with van der Waals surface area (Å²) < 4.78 is 13.8. The second kappa shape index (κ2) is 6.60. The molecule has 2 heterocycles. The molecule has 0 spiro atoms. The average Bonchev–Trinajstić information content (AvgIpc) is 3.36. The Bertz CT molecular complexity index is 1160. The summed E-state index contributed by atoms with van der Waals surface area (Å²) in [5.74, 6) is -0.00469. The fraction of sp³-hybridized carbons (Fsp3) is 0.190. The lowest BCUT2D eigenvalue weighted by molar-refractivity contribution is -0.118. The van der Waals surface area contributed by atoms with E-state index in [1.165, 1.54) is 6.07 Å². The number of nitrogens with zero attached hydrogens (tertiary/aromatic N) is 2. The number of para-hydroxylation sites is 1. The van der Waals surface area contributed by atoms with Crippen LogP contribution in [-0.2, 0) is 11.2 Å². The van der Waals surface area contributed by atoms with Crippen molar-refractivity contribution in [3.63, 3.8) is 0 Å². The molecule has 0 aliphatic heterocycles. The van der Waals surface area contributed by atoms with Gasteiger partial charge in [-0.25, -0.2) is 9.37 Å². The maximum atomic E-state index is 13.8. The van der Waals surface area contributed by atoms with E-state index in [9.17, 15) is 9.18 Å². The van der Waals surface area contributed by atoms with Crippen molar-refractivity contribution in [2.75, 3.05) is 5.32 Å². The molecule has 5 rings (SSSR count). The highest BCUT2D eigenvalue weighted by Gasteiger charge is 2.28. The summed E-state index contributed by atoms with van der Waals surface area (Å²) in [6.45, 7) is 0. The van der Waals surface area contributed by atoms with Crippen molar-refractivity contribution in [1.29, 1.82) is 0 Å². The van der Waals surface area contributed by atoms with Crippen LogP contribution < -0.4 is 5.32 Å². The molecule has 28 heavy (non-hydrogen) atoms. The standard InChI is InChI=1S/C21H18FN5O/c22-16-5-2-6-17-19(16)26-20(25-17)12-7-9-14(10-8-12)24-21(28)15-4-1-3-13-11-23-27-18(13)15/h2,5-11,15H,1,3-4H2,(H,23,27)(H,24,28)(H,25,26). The van der Waals surface area contributed by atoms with Gasteiger partial charge in [0, 0.05) is 11.3 Å². The zero-order chi connectivity index (χ0) is 19.1. The zero-order valence-electron chi connectivity index (χ0n) is 15.0. The number of rotatable bonds is 3. The van der Waals surface area contributed by atoms with Gasteiger partial charge in [0.05, 0.1) is 23.3 Å². The van der Waals surface area contributed by atoms with Crippen LogP contribution in [0.2, 0.25) is 0 Å². The normalized spacial score (nSPS) is 16.1. The van der Waals surface area contributed by atoms with Crippen LogP contribution in [-0.4, -0.2) is 26.1 Å². The summed E-state index contributed by atoms with van der Waals surface area (Å²) in [6.07, 6.45) is 4.55. The molecule has 0 fully saturated rings.